The van der Waals surface area contributed by atoms with Gasteiger partial charge in [-0.25, -0.2) is 17.7 Å². The number of nitrogens with zero attached hydrogens (tertiary/aromatic N) is 4. The smallest absolute Gasteiger partial charge is 0.260 e. The minimum atomic E-state index is -3.61. The average molecular weight is 561 g/mol. The molecule has 38 heavy (non-hydrogen) atoms. The van der Waals surface area contributed by atoms with E-state index >= 15 is 0 Å². The standard InChI is InChI=1S/C27H36N4O5S2/c1-4-5-13-29(2)38(33,34)23-10-7-21(8-11-23)26(32)31(15-6-14-30-16-18-36-19-17-30)27-28-24-20-22(35-3)9-12-25(24)37-27/h7-12,20H,4-6,13-19H2,1-3H3. The third-order valence-electron chi connectivity index (χ3n) is 6.66. The van der Waals surface area contributed by atoms with E-state index in [0.29, 0.717) is 29.5 Å². The number of ether oxygens (including phenoxy) is 2. The van der Waals surface area contributed by atoms with Crippen molar-refractivity contribution in [2.45, 2.75) is 31.1 Å². The number of thiazole rings is 1. The SMILES string of the molecule is CCCCN(C)S(=O)(=O)c1ccc(C(=O)N(CCCN2CCOCC2)c2nc3cc(OC)ccc3s2)cc1. The molecule has 206 valence electrons. The number of morpholine rings is 1. The molecule has 0 unspecified atom stereocenters. The van der Waals surface area contributed by atoms with Crippen LogP contribution in [0.15, 0.2) is 47.4 Å². The van der Waals surface area contributed by atoms with E-state index in [9.17, 15) is 13.2 Å². The highest BCUT2D eigenvalue weighted by Crippen LogP contribution is 2.32. The van der Waals surface area contributed by atoms with E-state index in [4.69, 9.17) is 14.5 Å². The molecule has 1 aromatic heterocycles. The minimum Gasteiger partial charge on any atom is -0.497 e. The summed E-state index contributed by atoms with van der Waals surface area (Å²) in [5.74, 6) is 0.501. The van der Waals surface area contributed by atoms with Crippen LogP contribution in [-0.4, -0.2) is 88.6 Å². The number of unbranched alkanes of at least 4 members (excludes halogenated alkanes) is 1. The second-order valence-electron chi connectivity index (χ2n) is 9.30. The lowest BCUT2D eigenvalue weighted by atomic mass is 10.2. The molecular formula is C27H36N4O5S2. The third kappa shape index (κ3) is 6.70. The van der Waals surface area contributed by atoms with Crippen molar-refractivity contribution in [3.8, 4) is 5.75 Å². The summed E-state index contributed by atoms with van der Waals surface area (Å²) in [5, 5.41) is 0.608. The highest BCUT2D eigenvalue weighted by atomic mass is 32.2. The van der Waals surface area contributed by atoms with Crippen LogP contribution in [0.4, 0.5) is 5.13 Å². The molecule has 2 heterocycles. The van der Waals surface area contributed by atoms with Gasteiger partial charge in [-0.2, -0.15) is 0 Å². The molecule has 0 N–H and O–H groups in total. The molecule has 0 bridgehead atoms. The molecule has 2 aromatic carbocycles. The molecule has 0 saturated carbocycles. The second kappa shape index (κ2) is 13.0. The number of benzene rings is 2. The lowest BCUT2D eigenvalue weighted by molar-refractivity contribution is 0.0376. The molecule has 1 amide bonds. The molecule has 9 nitrogen and oxygen atoms in total. The van der Waals surface area contributed by atoms with Gasteiger partial charge in [0.05, 0.1) is 35.4 Å². The Morgan fingerprint density at radius 3 is 2.53 bits per heavy atom. The van der Waals surface area contributed by atoms with Crippen molar-refractivity contribution in [3.05, 3.63) is 48.0 Å². The summed E-state index contributed by atoms with van der Waals surface area (Å²) >= 11 is 1.45. The number of anilines is 1. The van der Waals surface area contributed by atoms with Gasteiger partial charge in [0.15, 0.2) is 5.13 Å². The van der Waals surface area contributed by atoms with E-state index in [2.05, 4.69) is 4.90 Å². The Morgan fingerprint density at radius 2 is 1.84 bits per heavy atom. The Bertz CT molecular complexity index is 1320. The van der Waals surface area contributed by atoms with Gasteiger partial charge < -0.3 is 9.47 Å². The van der Waals surface area contributed by atoms with Crippen molar-refractivity contribution < 1.29 is 22.7 Å². The molecule has 0 spiro atoms. The van der Waals surface area contributed by atoms with Crippen LogP contribution >= 0.6 is 11.3 Å². The number of fused-ring (bicyclic) bond motifs is 1. The van der Waals surface area contributed by atoms with Crippen LogP contribution in [0.3, 0.4) is 0 Å². The molecule has 1 aliphatic rings. The van der Waals surface area contributed by atoms with Crippen molar-refractivity contribution in [2.24, 2.45) is 0 Å². The summed E-state index contributed by atoms with van der Waals surface area (Å²) < 4.78 is 38.9. The molecule has 1 aliphatic heterocycles. The number of methoxy groups -OCH3 is 1. The Balaban J connectivity index is 1.56. The number of sulfonamides is 1. The zero-order chi connectivity index (χ0) is 27.1. The number of carbonyl (C=O) groups is 1. The van der Waals surface area contributed by atoms with Gasteiger partial charge in [-0.05, 0) is 49.2 Å². The molecular weight excluding hydrogens is 524 g/mol. The average Bonchev–Trinajstić information content (AvgIpc) is 3.37. The van der Waals surface area contributed by atoms with Crippen molar-refractivity contribution in [3.63, 3.8) is 0 Å². The highest BCUT2D eigenvalue weighted by Gasteiger charge is 2.24. The summed E-state index contributed by atoms with van der Waals surface area (Å²) in [4.78, 5) is 22.7. The predicted molar refractivity (Wildman–Crippen MR) is 151 cm³/mol. The second-order valence-corrected chi connectivity index (χ2v) is 12.4. The van der Waals surface area contributed by atoms with E-state index in [0.717, 1.165) is 62.3 Å². The Labute approximate surface area is 229 Å². The van der Waals surface area contributed by atoms with Gasteiger partial charge in [-0.15, -0.1) is 0 Å². The number of amides is 1. The van der Waals surface area contributed by atoms with Gasteiger partial charge in [0.1, 0.15) is 5.75 Å². The fraction of sp³-hybridized carbons (Fsp3) is 0.481. The topological polar surface area (TPSA) is 92.3 Å². The summed E-state index contributed by atoms with van der Waals surface area (Å²) in [6.07, 6.45) is 2.48. The van der Waals surface area contributed by atoms with Crippen LogP contribution in [0, 0.1) is 0 Å². The molecule has 11 heteroatoms. The summed E-state index contributed by atoms with van der Waals surface area (Å²) in [5.41, 5.74) is 1.19. The van der Waals surface area contributed by atoms with Gasteiger partial charge >= 0.3 is 0 Å². The molecule has 1 saturated heterocycles. The van der Waals surface area contributed by atoms with E-state index < -0.39 is 10.0 Å². The van der Waals surface area contributed by atoms with E-state index in [1.165, 1.54) is 27.8 Å². The normalized spacial score (nSPS) is 14.7. The first-order chi connectivity index (χ1) is 18.3. The van der Waals surface area contributed by atoms with Crippen LogP contribution in [0.25, 0.3) is 10.2 Å². The first-order valence-electron chi connectivity index (χ1n) is 13.0. The maximum absolute atomic E-state index is 13.7. The van der Waals surface area contributed by atoms with Gasteiger partial charge in [0.2, 0.25) is 10.0 Å². The Morgan fingerprint density at radius 1 is 1.11 bits per heavy atom. The van der Waals surface area contributed by atoms with Crippen molar-refractivity contribution in [2.75, 3.05) is 65.0 Å². The largest absolute Gasteiger partial charge is 0.497 e. The van der Waals surface area contributed by atoms with Crippen molar-refractivity contribution in [1.82, 2.24) is 14.2 Å². The maximum Gasteiger partial charge on any atom is 0.260 e. The zero-order valence-corrected chi connectivity index (χ0v) is 23.9. The quantitative estimate of drug-likeness (QED) is 0.329. The van der Waals surface area contributed by atoms with Crippen LogP contribution in [0.2, 0.25) is 0 Å². The molecule has 0 radical (unpaired) electrons. The highest BCUT2D eigenvalue weighted by molar-refractivity contribution is 7.89. The van der Waals surface area contributed by atoms with Gasteiger partial charge in [-0.1, -0.05) is 24.7 Å². The van der Waals surface area contributed by atoms with Crippen LogP contribution < -0.4 is 9.64 Å². The molecule has 1 fully saturated rings. The summed E-state index contributed by atoms with van der Waals surface area (Å²) in [6, 6.07) is 11.9. The van der Waals surface area contributed by atoms with Gasteiger partial charge in [0, 0.05) is 51.4 Å². The minimum absolute atomic E-state index is 0.179. The number of hydrogen-bond donors (Lipinski definition) is 0. The van der Waals surface area contributed by atoms with Crippen LogP contribution in [-0.2, 0) is 14.8 Å². The molecule has 0 atom stereocenters. The van der Waals surface area contributed by atoms with Crippen LogP contribution in [0.5, 0.6) is 5.75 Å². The number of hydrogen-bond acceptors (Lipinski definition) is 8. The monoisotopic (exact) mass is 560 g/mol. The first kappa shape index (κ1) is 28.4. The van der Waals surface area contributed by atoms with Crippen LogP contribution in [0.1, 0.15) is 36.5 Å². The lowest BCUT2D eigenvalue weighted by Gasteiger charge is -2.27. The fourth-order valence-electron chi connectivity index (χ4n) is 4.30. The van der Waals surface area contributed by atoms with Crippen molar-refractivity contribution >= 4 is 42.6 Å². The summed E-state index contributed by atoms with van der Waals surface area (Å²) in [7, 11) is -0.408. The molecule has 4 rings (SSSR count). The van der Waals surface area contributed by atoms with E-state index in [1.54, 1.807) is 31.2 Å². The Hall–Kier alpha value is -2.57. The third-order valence-corrected chi connectivity index (χ3v) is 9.59. The zero-order valence-electron chi connectivity index (χ0n) is 22.3. The predicted octanol–water partition coefficient (Wildman–Crippen LogP) is 4.09. The molecule has 3 aromatic rings. The fourth-order valence-corrected chi connectivity index (χ4v) is 6.48. The summed E-state index contributed by atoms with van der Waals surface area (Å²) in [6.45, 7) is 7.06. The van der Waals surface area contributed by atoms with Gasteiger partial charge in [-0.3, -0.25) is 14.6 Å². The Kier molecular flexibility index (Phi) is 9.72. The number of carbonyl (C=O) groups excluding carboxylic acids is 1. The maximum atomic E-state index is 13.7. The van der Waals surface area contributed by atoms with Gasteiger partial charge in [0.25, 0.3) is 5.91 Å². The lowest BCUT2D eigenvalue weighted by Crippen LogP contribution is -2.39. The van der Waals surface area contributed by atoms with Crippen molar-refractivity contribution in [1.29, 1.82) is 0 Å². The van der Waals surface area contributed by atoms with E-state index in [-0.39, 0.29) is 10.8 Å². The number of aromatic nitrogens is 1. The first-order valence-corrected chi connectivity index (χ1v) is 15.2. The molecule has 0 aliphatic carbocycles. The van der Waals surface area contributed by atoms with E-state index in [1.807, 2.05) is 25.1 Å². The number of rotatable bonds is 12.